The summed E-state index contributed by atoms with van der Waals surface area (Å²) in [6, 6.07) is 10.7. The summed E-state index contributed by atoms with van der Waals surface area (Å²) >= 11 is 0. The monoisotopic (exact) mass is 436 g/mol. The number of benzene rings is 1. The summed E-state index contributed by atoms with van der Waals surface area (Å²) in [5.74, 6) is 0.697. The van der Waals surface area contributed by atoms with Gasteiger partial charge in [-0.1, -0.05) is 30.3 Å². The summed E-state index contributed by atoms with van der Waals surface area (Å²) in [7, 11) is 4.33. The molecule has 5 rings (SSSR count). The van der Waals surface area contributed by atoms with E-state index in [1.807, 2.05) is 0 Å². The van der Waals surface area contributed by atoms with E-state index < -0.39 is 0 Å². The Hall–Kier alpha value is -2.71. The molecule has 8 heteroatoms. The third-order valence-electron chi connectivity index (χ3n) is 7.51. The van der Waals surface area contributed by atoms with Crippen LogP contribution in [0.1, 0.15) is 31.2 Å². The van der Waals surface area contributed by atoms with Crippen molar-refractivity contribution in [1.82, 2.24) is 20.2 Å². The molecule has 0 radical (unpaired) electrons. The largest absolute Gasteiger partial charge is 0.378 e. The number of rotatable bonds is 4. The highest BCUT2D eigenvalue weighted by Gasteiger charge is 2.50. The van der Waals surface area contributed by atoms with Crippen molar-refractivity contribution in [1.29, 1.82) is 0 Å². The highest BCUT2D eigenvalue weighted by atomic mass is 16.5. The third-order valence-corrected chi connectivity index (χ3v) is 7.51. The summed E-state index contributed by atoms with van der Waals surface area (Å²) in [6.07, 6.45) is 7.43. The minimum Gasteiger partial charge on any atom is -0.378 e. The molecule has 32 heavy (non-hydrogen) atoms. The standard InChI is InChI=1S/C24H32N6O2/c1-28(2)24(19-6-4-3-5-7-19)10-8-23(9-11-24)18-30(22(31)27-23)20-16-25-21(26-17-20)29-12-14-32-15-13-29/h3-7,16-17H,8-15,18H2,1-2H3,(H,27,31)/t23-,24-. The molecule has 2 aromatic rings. The van der Waals surface area contributed by atoms with Crippen molar-refractivity contribution in [2.24, 2.45) is 0 Å². The number of hydrogen-bond donors (Lipinski definition) is 1. The Balaban J connectivity index is 1.30. The number of morpholine rings is 1. The Labute approximate surface area is 189 Å². The van der Waals surface area contributed by atoms with Crippen LogP contribution in [0.25, 0.3) is 0 Å². The number of amides is 2. The predicted octanol–water partition coefficient (Wildman–Crippen LogP) is 2.61. The van der Waals surface area contributed by atoms with Crippen LogP contribution < -0.4 is 15.1 Å². The minimum atomic E-state index is -0.200. The zero-order valence-corrected chi connectivity index (χ0v) is 19.0. The molecule has 0 bridgehead atoms. The summed E-state index contributed by atoms with van der Waals surface area (Å²) in [6.45, 7) is 3.63. The molecule has 2 aliphatic heterocycles. The number of carbonyl (C=O) groups is 1. The molecular weight excluding hydrogens is 404 g/mol. The number of nitrogens with one attached hydrogen (secondary N) is 1. The van der Waals surface area contributed by atoms with Crippen LogP contribution in [0.4, 0.5) is 16.4 Å². The van der Waals surface area contributed by atoms with Gasteiger partial charge in [0.2, 0.25) is 5.95 Å². The summed E-state index contributed by atoms with van der Waals surface area (Å²) < 4.78 is 5.40. The molecule has 2 amide bonds. The number of ether oxygens (including phenoxy) is 1. The van der Waals surface area contributed by atoms with Crippen LogP contribution in [-0.2, 0) is 10.3 Å². The van der Waals surface area contributed by atoms with E-state index in [0.29, 0.717) is 25.7 Å². The van der Waals surface area contributed by atoms with E-state index in [1.165, 1.54) is 5.56 Å². The van der Waals surface area contributed by atoms with Crippen molar-refractivity contribution in [3.05, 3.63) is 48.3 Å². The van der Waals surface area contributed by atoms with E-state index in [-0.39, 0.29) is 17.1 Å². The fourth-order valence-electron chi connectivity index (χ4n) is 5.47. The first-order chi connectivity index (χ1) is 15.5. The Kier molecular flexibility index (Phi) is 5.51. The van der Waals surface area contributed by atoms with E-state index >= 15 is 0 Å². The van der Waals surface area contributed by atoms with Gasteiger partial charge in [0, 0.05) is 18.6 Å². The van der Waals surface area contributed by atoms with Gasteiger partial charge in [-0.25, -0.2) is 14.8 Å². The van der Waals surface area contributed by atoms with Crippen molar-refractivity contribution in [3.63, 3.8) is 0 Å². The van der Waals surface area contributed by atoms with Gasteiger partial charge < -0.3 is 15.0 Å². The van der Waals surface area contributed by atoms with Gasteiger partial charge in [0.15, 0.2) is 0 Å². The van der Waals surface area contributed by atoms with Crippen LogP contribution in [0.3, 0.4) is 0 Å². The number of hydrogen-bond acceptors (Lipinski definition) is 6. The first-order valence-corrected chi connectivity index (χ1v) is 11.5. The van der Waals surface area contributed by atoms with Crippen LogP contribution in [0.15, 0.2) is 42.7 Å². The second kappa shape index (κ2) is 8.33. The molecule has 1 saturated carbocycles. The van der Waals surface area contributed by atoms with Crippen LogP contribution >= 0.6 is 0 Å². The molecule has 0 atom stereocenters. The van der Waals surface area contributed by atoms with Crippen molar-refractivity contribution in [3.8, 4) is 0 Å². The zero-order chi connectivity index (χ0) is 22.2. The fraction of sp³-hybridized carbons (Fsp3) is 0.542. The van der Waals surface area contributed by atoms with E-state index in [2.05, 4.69) is 69.5 Å². The molecule has 2 saturated heterocycles. The lowest BCUT2D eigenvalue weighted by Crippen LogP contribution is -2.54. The number of urea groups is 1. The van der Waals surface area contributed by atoms with Gasteiger partial charge in [0.25, 0.3) is 0 Å². The maximum Gasteiger partial charge on any atom is 0.322 e. The molecule has 1 aliphatic carbocycles. The highest BCUT2D eigenvalue weighted by molar-refractivity contribution is 5.95. The van der Waals surface area contributed by atoms with Gasteiger partial charge in [-0.3, -0.25) is 9.80 Å². The second-order valence-electron chi connectivity index (χ2n) is 9.43. The lowest BCUT2D eigenvalue weighted by molar-refractivity contribution is 0.0658. The molecule has 3 aliphatic rings. The van der Waals surface area contributed by atoms with E-state index in [9.17, 15) is 4.79 Å². The normalized spacial score (nSPS) is 28.4. The fourth-order valence-corrected chi connectivity index (χ4v) is 5.47. The minimum absolute atomic E-state index is 0.00751. The Bertz CT molecular complexity index is 935. The molecule has 1 aromatic carbocycles. The third kappa shape index (κ3) is 3.71. The molecule has 3 fully saturated rings. The highest BCUT2D eigenvalue weighted by Crippen LogP contribution is 2.46. The van der Waals surface area contributed by atoms with Gasteiger partial charge in [-0.2, -0.15) is 0 Å². The summed E-state index contributed by atoms with van der Waals surface area (Å²) in [5, 5.41) is 3.31. The summed E-state index contributed by atoms with van der Waals surface area (Å²) in [5.41, 5.74) is 1.92. The number of carbonyl (C=O) groups excluding carboxylic acids is 1. The SMILES string of the molecule is CN(C)[C@]1(c2ccccc2)CC[C@@]2(CC1)CN(c1cnc(N3CCOCC3)nc1)C(=O)N2. The Morgan fingerprint density at radius 3 is 2.28 bits per heavy atom. The quantitative estimate of drug-likeness (QED) is 0.794. The van der Waals surface area contributed by atoms with E-state index in [1.54, 1.807) is 17.3 Å². The number of anilines is 2. The summed E-state index contributed by atoms with van der Waals surface area (Å²) in [4.78, 5) is 28.2. The van der Waals surface area contributed by atoms with Crippen LogP contribution in [0, 0.1) is 0 Å². The first-order valence-electron chi connectivity index (χ1n) is 11.5. The van der Waals surface area contributed by atoms with Gasteiger partial charge >= 0.3 is 6.03 Å². The topological polar surface area (TPSA) is 73.8 Å². The smallest absolute Gasteiger partial charge is 0.322 e. The average molecular weight is 437 g/mol. The molecule has 8 nitrogen and oxygen atoms in total. The number of aromatic nitrogens is 2. The van der Waals surface area contributed by atoms with Crippen LogP contribution in [-0.4, -0.2) is 73.4 Å². The lowest BCUT2D eigenvalue weighted by atomic mass is 9.69. The van der Waals surface area contributed by atoms with Gasteiger partial charge in [0.05, 0.1) is 43.4 Å². The predicted molar refractivity (Wildman–Crippen MR) is 124 cm³/mol. The van der Waals surface area contributed by atoms with Crippen molar-refractivity contribution in [2.75, 3.05) is 56.7 Å². The maximum atomic E-state index is 12.9. The van der Waals surface area contributed by atoms with Crippen molar-refractivity contribution < 1.29 is 9.53 Å². The Morgan fingerprint density at radius 1 is 1.00 bits per heavy atom. The molecule has 1 aromatic heterocycles. The molecular formula is C24H32N6O2. The van der Waals surface area contributed by atoms with Crippen molar-refractivity contribution in [2.45, 2.75) is 36.8 Å². The second-order valence-corrected chi connectivity index (χ2v) is 9.43. The molecule has 1 N–H and O–H groups in total. The molecule has 3 heterocycles. The van der Waals surface area contributed by atoms with E-state index in [0.717, 1.165) is 44.5 Å². The van der Waals surface area contributed by atoms with Gasteiger partial charge in [0.1, 0.15) is 0 Å². The van der Waals surface area contributed by atoms with Crippen LogP contribution in [0.2, 0.25) is 0 Å². The van der Waals surface area contributed by atoms with E-state index in [4.69, 9.17) is 4.74 Å². The molecule has 170 valence electrons. The number of nitrogens with zero attached hydrogens (tertiary/aromatic N) is 5. The van der Waals surface area contributed by atoms with Crippen LogP contribution in [0.5, 0.6) is 0 Å². The lowest BCUT2D eigenvalue weighted by Gasteiger charge is -2.48. The van der Waals surface area contributed by atoms with Gasteiger partial charge in [-0.05, 0) is 45.3 Å². The maximum absolute atomic E-state index is 12.9. The first kappa shape index (κ1) is 21.2. The average Bonchev–Trinajstić information content (AvgIpc) is 3.16. The molecule has 0 unspecified atom stereocenters. The van der Waals surface area contributed by atoms with Gasteiger partial charge in [-0.15, -0.1) is 0 Å². The zero-order valence-electron chi connectivity index (χ0n) is 19.0. The van der Waals surface area contributed by atoms with Crippen molar-refractivity contribution >= 4 is 17.7 Å². The molecule has 1 spiro atoms. The Morgan fingerprint density at radius 2 is 1.66 bits per heavy atom.